The number of fused-ring (bicyclic) bond motifs is 3. The van der Waals surface area contributed by atoms with Crippen molar-refractivity contribution in [1.29, 1.82) is 0 Å². The molecule has 2 amide bonds. The summed E-state index contributed by atoms with van der Waals surface area (Å²) >= 11 is 0. The van der Waals surface area contributed by atoms with Gasteiger partial charge in [0, 0.05) is 56.8 Å². The first-order valence-electron chi connectivity index (χ1n) is 11.0. The van der Waals surface area contributed by atoms with Gasteiger partial charge in [0.25, 0.3) is 0 Å². The summed E-state index contributed by atoms with van der Waals surface area (Å²) in [5, 5.41) is 2.97. The summed E-state index contributed by atoms with van der Waals surface area (Å²) in [6.07, 6.45) is 6.91. The maximum absolute atomic E-state index is 12.6. The third-order valence-electron chi connectivity index (χ3n) is 5.82. The van der Waals surface area contributed by atoms with Crippen molar-refractivity contribution in [2.24, 2.45) is 0 Å². The molecule has 0 saturated carbocycles. The molecule has 3 N–H and O–H groups in total. The second-order valence-electron chi connectivity index (χ2n) is 7.98. The Balaban J connectivity index is 1.59. The SMILES string of the molecule is CCCNC(=O)N1CCc2nc3c(N4CCOCC4)nc(-c4cnc(N)nc4)cn3c2C1. The Labute approximate surface area is 185 Å². The Morgan fingerprint density at radius 2 is 1.97 bits per heavy atom. The number of imidazole rings is 1. The highest BCUT2D eigenvalue weighted by Gasteiger charge is 2.28. The summed E-state index contributed by atoms with van der Waals surface area (Å²) in [5.74, 6) is 1.02. The van der Waals surface area contributed by atoms with Gasteiger partial charge in [-0.15, -0.1) is 0 Å². The maximum atomic E-state index is 12.6. The highest BCUT2D eigenvalue weighted by molar-refractivity contribution is 5.75. The number of morpholine rings is 1. The summed E-state index contributed by atoms with van der Waals surface area (Å²) in [6.45, 7) is 6.63. The van der Waals surface area contributed by atoms with Crippen molar-refractivity contribution >= 4 is 23.4 Å². The zero-order valence-corrected chi connectivity index (χ0v) is 18.1. The first-order valence-corrected chi connectivity index (χ1v) is 11.0. The van der Waals surface area contributed by atoms with Gasteiger partial charge < -0.3 is 25.6 Å². The van der Waals surface area contributed by atoms with Crippen LogP contribution in [0.1, 0.15) is 24.7 Å². The predicted octanol–water partition coefficient (Wildman–Crippen LogP) is 1.08. The zero-order chi connectivity index (χ0) is 22.1. The van der Waals surface area contributed by atoms with Crippen molar-refractivity contribution in [3.8, 4) is 11.3 Å². The molecule has 11 heteroatoms. The number of ether oxygens (including phenoxy) is 1. The van der Waals surface area contributed by atoms with Crippen LogP contribution in [0.5, 0.6) is 0 Å². The van der Waals surface area contributed by atoms with E-state index in [1.807, 2.05) is 18.0 Å². The van der Waals surface area contributed by atoms with Gasteiger partial charge in [-0.3, -0.25) is 4.40 Å². The Hall–Kier alpha value is -3.47. The number of nitrogens with one attached hydrogen (secondary N) is 1. The minimum atomic E-state index is -0.0398. The number of urea groups is 1. The van der Waals surface area contributed by atoms with Crippen LogP contribution in [0, 0.1) is 0 Å². The molecule has 0 spiro atoms. The molecule has 0 unspecified atom stereocenters. The smallest absolute Gasteiger partial charge is 0.317 e. The Morgan fingerprint density at radius 1 is 1.19 bits per heavy atom. The van der Waals surface area contributed by atoms with E-state index in [9.17, 15) is 4.79 Å². The first kappa shape index (κ1) is 20.4. The van der Waals surface area contributed by atoms with Gasteiger partial charge in [0.15, 0.2) is 11.5 Å². The summed E-state index contributed by atoms with van der Waals surface area (Å²) < 4.78 is 7.60. The van der Waals surface area contributed by atoms with Crippen molar-refractivity contribution in [3.63, 3.8) is 0 Å². The number of nitrogens with zero attached hydrogens (tertiary/aromatic N) is 7. The van der Waals surface area contributed by atoms with Crippen LogP contribution in [-0.4, -0.2) is 74.7 Å². The predicted molar refractivity (Wildman–Crippen MR) is 119 cm³/mol. The molecule has 2 aliphatic heterocycles. The van der Waals surface area contributed by atoms with E-state index < -0.39 is 0 Å². The van der Waals surface area contributed by atoms with Gasteiger partial charge in [-0.1, -0.05) is 6.92 Å². The fraction of sp³-hybridized carbons (Fsp3) is 0.476. The summed E-state index contributed by atoms with van der Waals surface area (Å²) in [6, 6.07) is -0.0398. The largest absolute Gasteiger partial charge is 0.378 e. The van der Waals surface area contributed by atoms with Gasteiger partial charge in [-0.25, -0.2) is 24.7 Å². The van der Waals surface area contributed by atoms with Crippen LogP contribution in [-0.2, 0) is 17.7 Å². The lowest BCUT2D eigenvalue weighted by molar-refractivity contribution is 0.122. The van der Waals surface area contributed by atoms with Crippen molar-refractivity contribution in [2.75, 3.05) is 50.0 Å². The number of nitrogens with two attached hydrogens (primary N) is 1. The highest BCUT2D eigenvalue weighted by atomic mass is 16.5. The van der Waals surface area contributed by atoms with Crippen molar-refractivity contribution in [1.82, 2.24) is 34.6 Å². The molecular weight excluding hydrogens is 410 g/mol. The van der Waals surface area contributed by atoms with Crippen molar-refractivity contribution in [3.05, 3.63) is 30.0 Å². The second kappa shape index (κ2) is 8.58. The molecule has 1 fully saturated rings. The lowest BCUT2D eigenvalue weighted by Gasteiger charge is -2.28. The van der Waals surface area contributed by atoms with Crippen molar-refractivity contribution in [2.45, 2.75) is 26.3 Å². The third-order valence-corrected chi connectivity index (χ3v) is 5.82. The zero-order valence-electron chi connectivity index (χ0n) is 18.1. The molecule has 5 rings (SSSR count). The van der Waals surface area contributed by atoms with Crippen molar-refractivity contribution < 1.29 is 9.53 Å². The van der Waals surface area contributed by atoms with E-state index in [0.29, 0.717) is 39.3 Å². The molecule has 1 saturated heterocycles. The number of nitrogen functional groups attached to an aromatic ring is 1. The number of hydrogen-bond donors (Lipinski definition) is 2. The van der Waals surface area contributed by atoms with Crippen LogP contribution in [0.3, 0.4) is 0 Å². The molecule has 0 bridgehead atoms. The molecule has 0 radical (unpaired) electrons. The maximum Gasteiger partial charge on any atom is 0.317 e. The van der Waals surface area contributed by atoms with Gasteiger partial charge in [-0.05, 0) is 6.42 Å². The fourth-order valence-corrected chi connectivity index (χ4v) is 4.11. The average molecular weight is 438 g/mol. The molecular formula is C21H27N9O2. The van der Waals surface area contributed by atoms with Crippen LogP contribution >= 0.6 is 0 Å². The molecule has 32 heavy (non-hydrogen) atoms. The van der Waals surface area contributed by atoms with Gasteiger partial charge in [0.1, 0.15) is 0 Å². The molecule has 3 aromatic heterocycles. The molecule has 11 nitrogen and oxygen atoms in total. The standard InChI is InChI=1S/C21H27N9O2/c1-2-4-23-21(31)29-5-3-15-17(13-29)30-12-16(14-10-24-20(22)25-11-14)27-18(19(30)26-15)28-6-8-32-9-7-28/h10-12H,2-9,13H2,1H3,(H,23,31)(H2,22,24,25). The van der Waals surface area contributed by atoms with E-state index in [1.54, 1.807) is 12.4 Å². The molecule has 3 aromatic rings. The molecule has 2 aliphatic rings. The molecule has 168 valence electrons. The van der Waals surface area contributed by atoms with Crippen LogP contribution in [0.25, 0.3) is 16.9 Å². The molecule has 0 aliphatic carbocycles. The number of anilines is 2. The quantitative estimate of drug-likeness (QED) is 0.621. The number of rotatable bonds is 4. The minimum absolute atomic E-state index is 0.0398. The number of hydrogen-bond acceptors (Lipinski definition) is 8. The van der Waals surface area contributed by atoms with Crippen LogP contribution in [0.2, 0.25) is 0 Å². The lowest BCUT2D eigenvalue weighted by atomic mass is 10.1. The second-order valence-corrected chi connectivity index (χ2v) is 7.98. The molecule has 0 atom stereocenters. The average Bonchev–Trinajstić information content (AvgIpc) is 3.21. The molecule has 5 heterocycles. The summed E-state index contributed by atoms with van der Waals surface area (Å²) in [4.78, 5) is 34.7. The van der Waals surface area contributed by atoms with E-state index in [1.165, 1.54) is 0 Å². The van der Waals surface area contributed by atoms with E-state index >= 15 is 0 Å². The topological polar surface area (TPSA) is 127 Å². The van der Waals surface area contributed by atoms with Gasteiger partial charge in [-0.2, -0.15) is 0 Å². The van der Waals surface area contributed by atoms with Crippen LogP contribution in [0.15, 0.2) is 18.6 Å². The Morgan fingerprint density at radius 3 is 2.72 bits per heavy atom. The van der Waals surface area contributed by atoms with Crippen LogP contribution < -0.4 is 16.0 Å². The summed E-state index contributed by atoms with van der Waals surface area (Å²) in [5.41, 5.74) is 9.98. The van der Waals surface area contributed by atoms with Gasteiger partial charge >= 0.3 is 6.03 Å². The third kappa shape index (κ3) is 3.79. The number of amides is 2. The molecule has 0 aromatic carbocycles. The number of carbonyl (C=O) groups excluding carboxylic acids is 1. The fourth-order valence-electron chi connectivity index (χ4n) is 4.11. The Kier molecular flexibility index (Phi) is 5.48. The Bertz CT molecular complexity index is 1120. The summed E-state index contributed by atoms with van der Waals surface area (Å²) in [7, 11) is 0. The van der Waals surface area contributed by atoms with E-state index in [0.717, 1.165) is 53.6 Å². The van der Waals surface area contributed by atoms with E-state index in [-0.39, 0.29) is 12.0 Å². The van der Waals surface area contributed by atoms with E-state index in [2.05, 4.69) is 24.6 Å². The lowest BCUT2D eigenvalue weighted by Crippen LogP contribution is -2.43. The van der Waals surface area contributed by atoms with Gasteiger partial charge in [0.05, 0.1) is 36.8 Å². The number of aromatic nitrogens is 5. The first-order chi connectivity index (χ1) is 15.6. The monoisotopic (exact) mass is 437 g/mol. The van der Waals surface area contributed by atoms with Crippen LogP contribution in [0.4, 0.5) is 16.6 Å². The highest BCUT2D eigenvalue weighted by Crippen LogP contribution is 2.29. The normalized spacial score (nSPS) is 16.3. The van der Waals surface area contributed by atoms with Gasteiger partial charge in [0.2, 0.25) is 5.95 Å². The minimum Gasteiger partial charge on any atom is -0.378 e. The van der Waals surface area contributed by atoms with E-state index in [4.69, 9.17) is 20.4 Å². The number of carbonyl (C=O) groups is 1.